The van der Waals surface area contributed by atoms with Crippen molar-refractivity contribution in [3.8, 4) is 0 Å². The van der Waals surface area contributed by atoms with Crippen LogP contribution in [-0.4, -0.2) is 41.2 Å². The fourth-order valence-electron chi connectivity index (χ4n) is 3.99. The summed E-state index contributed by atoms with van der Waals surface area (Å²) in [4.78, 5) is 31.0. The van der Waals surface area contributed by atoms with Crippen LogP contribution >= 0.6 is 22.9 Å². The van der Waals surface area contributed by atoms with Gasteiger partial charge in [0.1, 0.15) is 12.4 Å². The molecule has 0 bridgehead atoms. The zero-order valence-electron chi connectivity index (χ0n) is 17.3. The third-order valence-corrected chi connectivity index (χ3v) is 6.77. The minimum absolute atomic E-state index is 0.0787. The first-order valence-electron chi connectivity index (χ1n) is 10.2. The Bertz CT molecular complexity index is 1130. The van der Waals surface area contributed by atoms with E-state index in [9.17, 15) is 14.0 Å². The second-order valence-electron chi connectivity index (χ2n) is 7.57. The molecule has 0 spiro atoms. The smallest absolute Gasteiger partial charge is 0.254 e. The average molecular weight is 469 g/mol. The van der Waals surface area contributed by atoms with Crippen molar-refractivity contribution in [3.63, 3.8) is 0 Å². The number of hydrogen-bond donors (Lipinski definition) is 0. The van der Waals surface area contributed by atoms with Crippen molar-refractivity contribution >= 4 is 34.8 Å². The van der Waals surface area contributed by atoms with Gasteiger partial charge in [-0.15, -0.1) is 17.9 Å². The lowest BCUT2D eigenvalue weighted by Gasteiger charge is -2.37. The van der Waals surface area contributed by atoms with Crippen LogP contribution in [0.1, 0.15) is 32.4 Å². The number of rotatable bonds is 6. The molecule has 32 heavy (non-hydrogen) atoms. The third-order valence-electron chi connectivity index (χ3n) is 5.53. The van der Waals surface area contributed by atoms with Crippen LogP contribution in [0.2, 0.25) is 5.02 Å². The Morgan fingerprint density at radius 3 is 2.56 bits per heavy atom. The molecular weight excluding hydrogens is 447 g/mol. The molecule has 2 aromatic carbocycles. The van der Waals surface area contributed by atoms with Crippen LogP contribution in [0.4, 0.5) is 4.39 Å². The molecule has 4 nitrogen and oxygen atoms in total. The van der Waals surface area contributed by atoms with Crippen molar-refractivity contribution in [2.75, 3.05) is 19.6 Å². The molecule has 0 radical (unpaired) electrons. The van der Waals surface area contributed by atoms with Crippen LogP contribution < -0.4 is 0 Å². The van der Waals surface area contributed by atoms with Crippen LogP contribution in [0.5, 0.6) is 0 Å². The standard InChI is InChI=1S/C25H22ClFN2O2S/c1-2-13-28(25(31)18-3-7-19(26)8-4-18)16-23(30)29-14-11-22-21(12-15-32-22)24(29)17-5-9-20(27)10-6-17/h2-10,12,15,24H,1,11,13-14,16H2. The summed E-state index contributed by atoms with van der Waals surface area (Å²) in [7, 11) is 0. The first kappa shape index (κ1) is 22.2. The molecule has 164 valence electrons. The molecule has 1 unspecified atom stereocenters. The number of amides is 2. The van der Waals surface area contributed by atoms with Gasteiger partial charge >= 0.3 is 0 Å². The molecule has 1 aliphatic heterocycles. The van der Waals surface area contributed by atoms with E-state index in [-0.39, 0.29) is 36.8 Å². The zero-order valence-corrected chi connectivity index (χ0v) is 18.9. The summed E-state index contributed by atoms with van der Waals surface area (Å²) in [5.41, 5.74) is 2.36. The second kappa shape index (κ2) is 9.67. The van der Waals surface area contributed by atoms with Gasteiger partial charge in [0.05, 0.1) is 6.04 Å². The van der Waals surface area contributed by atoms with Crippen LogP contribution in [0.3, 0.4) is 0 Å². The molecule has 0 aliphatic carbocycles. The highest BCUT2D eigenvalue weighted by Crippen LogP contribution is 2.38. The summed E-state index contributed by atoms with van der Waals surface area (Å²) in [6.07, 6.45) is 2.36. The molecule has 2 heterocycles. The molecule has 7 heteroatoms. The van der Waals surface area contributed by atoms with Gasteiger partial charge < -0.3 is 9.80 Å². The Kier molecular flexibility index (Phi) is 6.72. The van der Waals surface area contributed by atoms with Gasteiger partial charge in [0, 0.05) is 28.6 Å². The van der Waals surface area contributed by atoms with Crippen LogP contribution in [0.25, 0.3) is 0 Å². The van der Waals surface area contributed by atoms with Gasteiger partial charge in [0.2, 0.25) is 5.91 Å². The van der Waals surface area contributed by atoms with Gasteiger partial charge in [-0.2, -0.15) is 0 Å². The number of thiophene rings is 1. The Morgan fingerprint density at radius 2 is 1.88 bits per heavy atom. The molecule has 0 saturated carbocycles. The predicted octanol–water partition coefficient (Wildman–Crippen LogP) is 5.34. The molecule has 1 aromatic heterocycles. The van der Waals surface area contributed by atoms with Crippen molar-refractivity contribution in [1.29, 1.82) is 0 Å². The monoisotopic (exact) mass is 468 g/mol. The maximum absolute atomic E-state index is 13.5. The molecule has 4 rings (SSSR count). The second-order valence-corrected chi connectivity index (χ2v) is 9.01. The summed E-state index contributed by atoms with van der Waals surface area (Å²) >= 11 is 7.60. The molecule has 0 N–H and O–H groups in total. The quantitative estimate of drug-likeness (QED) is 0.458. The van der Waals surface area contributed by atoms with E-state index in [4.69, 9.17) is 11.6 Å². The lowest BCUT2D eigenvalue weighted by atomic mass is 9.93. The molecule has 3 aromatic rings. The highest BCUT2D eigenvalue weighted by molar-refractivity contribution is 7.10. The van der Waals surface area contributed by atoms with E-state index in [2.05, 4.69) is 6.58 Å². The normalized spacial score (nSPS) is 15.2. The van der Waals surface area contributed by atoms with Crippen LogP contribution in [0, 0.1) is 5.82 Å². The number of halogens is 2. The van der Waals surface area contributed by atoms with E-state index in [0.29, 0.717) is 17.1 Å². The van der Waals surface area contributed by atoms with Crippen LogP contribution in [0.15, 0.2) is 72.6 Å². The maximum Gasteiger partial charge on any atom is 0.254 e. The number of hydrogen-bond acceptors (Lipinski definition) is 3. The highest BCUT2D eigenvalue weighted by atomic mass is 35.5. The Morgan fingerprint density at radius 1 is 1.16 bits per heavy atom. The number of benzene rings is 2. The van der Waals surface area contributed by atoms with Crippen LogP contribution in [-0.2, 0) is 11.2 Å². The van der Waals surface area contributed by atoms with E-state index in [1.165, 1.54) is 21.9 Å². The van der Waals surface area contributed by atoms with E-state index < -0.39 is 0 Å². The SMILES string of the molecule is C=CCN(CC(=O)N1CCc2sccc2C1c1ccc(F)cc1)C(=O)c1ccc(Cl)cc1. The van der Waals surface area contributed by atoms with Gasteiger partial charge in [-0.3, -0.25) is 9.59 Å². The summed E-state index contributed by atoms with van der Waals surface area (Å²) in [6, 6.07) is 14.5. The van der Waals surface area contributed by atoms with Gasteiger partial charge in [-0.25, -0.2) is 4.39 Å². The first-order chi connectivity index (χ1) is 15.5. The zero-order chi connectivity index (χ0) is 22.7. The topological polar surface area (TPSA) is 40.6 Å². The molecule has 0 saturated heterocycles. The van der Waals surface area contributed by atoms with Gasteiger partial charge in [-0.05, 0) is 65.4 Å². The highest BCUT2D eigenvalue weighted by Gasteiger charge is 2.34. The number of carbonyl (C=O) groups excluding carboxylic acids is 2. The molecule has 0 fully saturated rings. The third kappa shape index (κ3) is 4.61. The van der Waals surface area contributed by atoms with Gasteiger partial charge in [0.25, 0.3) is 5.91 Å². The van der Waals surface area contributed by atoms with Crippen molar-refractivity contribution in [3.05, 3.63) is 105 Å². The number of carbonyl (C=O) groups is 2. The Balaban J connectivity index is 1.60. The summed E-state index contributed by atoms with van der Waals surface area (Å²) in [6.45, 7) is 4.43. The van der Waals surface area contributed by atoms with Crippen molar-refractivity contribution in [1.82, 2.24) is 9.80 Å². The fraction of sp³-hybridized carbons (Fsp3) is 0.200. The van der Waals surface area contributed by atoms with Gasteiger partial charge in [-0.1, -0.05) is 29.8 Å². The van der Waals surface area contributed by atoms with E-state index >= 15 is 0 Å². The molecular formula is C25H22ClFN2O2S. The molecule has 2 amide bonds. The maximum atomic E-state index is 13.5. The first-order valence-corrected chi connectivity index (χ1v) is 11.5. The summed E-state index contributed by atoms with van der Waals surface area (Å²) < 4.78 is 13.5. The minimum Gasteiger partial charge on any atom is -0.330 e. The Hall–Kier alpha value is -2.96. The fourth-order valence-corrected chi connectivity index (χ4v) is 5.02. The van der Waals surface area contributed by atoms with E-state index in [1.54, 1.807) is 58.7 Å². The predicted molar refractivity (Wildman–Crippen MR) is 126 cm³/mol. The lowest BCUT2D eigenvalue weighted by Crippen LogP contribution is -2.46. The Labute approximate surface area is 195 Å². The molecule has 1 aliphatic rings. The van der Waals surface area contributed by atoms with Crippen molar-refractivity contribution in [2.45, 2.75) is 12.5 Å². The lowest BCUT2D eigenvalue weighted by molar-refractivity contribution is -0.133. The van der Waals surface area contributed by atoms with Crippen molar-refractivity contribution in [2.24, 2.45) is 0 Å². The van der Waals surface area contributed by atoms with E-state index in [0.717, 1.165) is 17.5 Å². The summed E-state index contributed by atoms with van der Waals surface area (Å²) in [5.74, 6) is -0.750. The summed E-state index contributed by atoms with van der Waals surface area (Å²) in [5, 5.41) is 2.55. The largest absolute Gasteiger partial charge is 0.330 e. The number of nitrogens with zero attached hydrogens (tertiary/aromatic N) is 2. The minimum atomic E-state index is -0.321. The number of fused-ring (bicyclic) bond motifs is 1. The molecule has 1 atom stereocenters. The van der Waals surface area contributed by atoms with Gasteiger partial charge in [0.15, 0.2) is 0 Å². The van der Waals surface area contributed by atoms with Crippen molar-refractivity contribution < 1.29 is 14.0 Å². The average Bonchev–Trinajstić information content (AvgIpc) is 3.28. The van der Waals surface area contributed by atoms with E-state index in [1.807, 2.05) is 11.4 Å².